The lowest BCUT2D eigenvalue weighted by molar-refractivity contribution is 0.215. The predicted octanol–water partition coefficient (Wildman–Crippen LogP) is 8.19. The number of hydrogen-bond acceptors (Lipinski definition) is 4. The van der Waals surface area contributed by atoms with Gasteiger partial charge in [0, 0.05) is 36.3 Å². The van der Waals surface area contributed by atoms with E-state index in [0.717, 1.165) is 55.1 Å². The van der Waals surface area contributed by atoms with Crippen molar-refractivity contribution in [2.45, 2.75) is 87.6 Å². The second kappa shape index (κ2) is 12.8. The molecule has 198 valence electrons. The zero-order valence-electron chi connectivity index (χ0n) is 24.4. The zero-order valence-corrected chi connectivity index (χ0v) is 24.4. The summed E-state index contributed by atoms with van der Waals surface area (Å²) < 4.78 is 2.25. The maximum absolute atomic E-state index is 4.91. The van der Waals surface area contributed by atoms with Crippen molar-refractivity contribution in [1.82, 2.24) is 19.7 Å². The highest BCUT2D eigenvalue weighted by Crippen LogP contribution is 2.30. The van der Waals surface area contributed by atoms with Crippen LogP contribution in [0.25, 0.3) is 17.7 Å². The minimum atomic E-state index is 0.371. The Bertz CT molecular complexity index is 1240. The molecule has 0 bridgehead atoms. The van der Waals surface area contributed by atoms with Gasteiger partial charge in [-0.25, -0.2) is 4.99 Å². The molecule has 1 saturated heterocycles. The van der Waals surface area contributed by atoms with Crippen molar-refractivity contribution in [3.8, 4) is 0 Å². The molecule has 3 heterocycles. The second-order valence-corrected chi connectivity index (χ2v) is 10.6. The van der Waals surface area contributed by atoms with Gasteiger partial charge in [0.05, 0.1) is 17.9 Å². The Kier molecular flexibility index (Phi) is 9.85. The highest BCUT2D eigenvalue weighted by Gasteiger charge is 2.25. The Balaban J connectivity index is 1.85. The van der Waals surface area contributed by atoms with E-state index in [2.05, 4.69) is 100 Å². The summed E-state index contributed by atoms with van der Waals surface area (Å²) in [5.74, 6) is 1.11. The van der Waals surface area contributed by atoms with Crippen LogP contribution < -0.4 is 0 Å². The molecule has 0 N–H and O–H groups in total. The summed E-state index contributed by atoms with van der Waals surface area (Å²) in [5, 5.41) is 4.91. The number of hydrogen-bond donors (Lipinski definition) is 0. The van der Waals surface area contributed by atoms with Crippen LogP contribution in [0.4, 0.5) is 0 Å². The first-order valence-corrected chi connectivity index (χ1v) is 13.6. The average Bonchev–Trinajstić information content (AvgIpc) is 3.23. The van der Waals surface area contributed by atoms with Crippen LogP contribution in [0.3, 0.4) is 0 Å². The number of aliphatic imine (C=N–C) groups is 1. The lowest BCUT2D eigenvalue weighted by Gasteiger charge is -2.34. The van der Waals surface area contributed by atoms with Crippen LogP contribution in [0.15, 0.2) is 51.9 Å². The van der Waals surface area contributed by atoms with E-state index in [0.29, 0.717) is 6.04 Å². The summed E-state index contributed by atoms with van der Waals surface area (Å²) in [6.45, 7) is 21.1. The Morgan fingerprint density at radius 2 is 1.76 bits per heavy atom. The number of likely N-dealkylation sites (tertiary alicyclic amines) is 1. The van der Waals surface area contributed by atoms with E-state index in [1.165, 1.54) is 33.5 Å². The van der Waals surface area contributed by atoms with Crippen LogP contribution in [0.1, 0.15) is 102 Å². The van der Waals surface area contributed by atoms with Crippen LogP contribution in [0.5, 0.6) is 0 Å². The van der Waals surface area contributed by atoms with E-state index < -0.39 is 0 Å². The molecular formula is C32H45N5. The first kappa shape index (κ1) is 28.4. The summed E-state index contributed by atoms with van der Waals surface area (Å²) in [6.07, 6.45) is 13.8. The molecule has 1 aliphatic rings. The number of pyridine rings is 1. The number of allylic oxidation sites excluding steroid dienone is 5. The summed E-state index contributed by atoms with van der Waals surface area (Å²) in [7, 11) is 0. The van der Waals surface area contributed by atoms with Gasteiger partial charge in [-0.1, -0.05) is 24.6 Å². The molecule has 0 amide bonds. The van der Waals surface area contributed by atoms with E-state index in [9.17, 15) is 0 Å². The van der Waals surface area contributed by atoms with Crippen molar-refractivity contribution in [3.05, 3.63) is 75.2 Å². The van der Waals surface area contributed by atoms with Gasteiger partial charge in [-0.15, -0.1) is 0 Å². The van der Waals surface area contributed by atoms with E-state index in [1.807, 2.05) is 19.3 Å². The quantitative estimate of drug-likeness (QED) is 0.344. The third kappa shape index (κ3) is 7.18. The molecule has 1 aliphatic heterocycles. The van der Waals surface area contributed by atoms with Gasteiger partial charge >= 0.3 is 0 Å². The van der Waals surface area contributed by atoms with E-state index in [4.69, 9.17) is 10.1 Å². The highest BCUT2D eigenvalue weighted by molar-refractivity contribution is 5.83. The molecule has 5 nitrogen and oxygen atoms in total. The van der Waals surface area contributed by atoms with Gasteiger partial charge in [0.25, 0.3) is 0 Å². The number of rotatable bonds is 8. The molecule has 1 fully saturated rings. The Hall–Kier alpha value is -3.21. The monoisotopic (exact) mass is 499 g/mol. The number of nitrogens with zero attached hydrogens (tertiary/aromatic N) is 5. The molecule has 0 spiro atoms. The van der Waals surface area contributed by atoms with Crippen LogP contribution in [0, 0.1) is 13.8 Å². The van der Waals surface area contributed by atoms with E-state index in [1.54, 1.807) is 0 Å². The van der Waals surface area contributed by atoms with Gasteiger partial charge in [-0.2, -0.15) is 5.10 Å². The number of piperidine rings is 1. The average molecular weight is 500 g/mol. The normalized spacial score (nSPS) is 15.4. The van der Waals surface area contributed by atoms with Gasteiger partial charge in [-0.05, 0) is 115 Å². The molecule has 0 aromatic carbocycles. The molecule has 0 unspecified atom stereocenters. The lowest BCUT2D eigenvalue weighted by Crippen LogP contribution is -2.34. The summed E-state index contributed by atoms with van der Waals surface area (Å²) >= 11 is 0. The van der Waals surface area contributed by atoms with Crippen molar-refractivity contribution < 1.29 is 0 Å². The summed E-state index contributed by atoms with van der Waals surface area (Å²) in [5.41, 5.74) is 10.7. The molecule has 3 rings (SSSR count). The molecule has 0 radical (unpaired) electrons. The molecule has 5 heteroatoms. The zero-order chi connectivity index (χ0) is 27.1. The maximum Gasteiger partial charge on any atom is 0.127 e. The van der Waals surface area contributed by atoms with Crippen LogP contribution in [-0.2, 0) is 0 Å². The SMILES string of the molecule is C/C=C(\C=N/C(=C(C)C)N1CCC(n2ncc(/C=C(\C)c3ccc(C)nc3C)c2C=C(C)C)CC1)CC. The predicted molar refractivity (Wildman–Crippen MR) is 160 cm³/mol. The fourth-order valence-electron chi connectivity index (χ4n) is 4.99. The molecular weight excluding hydrogens is 454 g/mol. The van der Waals surface area contributed by atoms with E-state index in [-0.39, 0.29) is 0 Å². The third-order valence-electron chi connectivity index (χ3n) is 7.00. The Morgan fingerprint density at radius 3 is 2.32 bits per heavy atom. The summed E-state index contributed by atoms with van der Waals surface area (Å²) in [4.78, 5) is 12.0. The topological polar surface area (TPSA) is 46.3 Å². The minimum Gasteiger partial charge on any atom is -0.357 e. The van der Waals surface area contributed by atoms with Gasteiger partial charge in [0.2, 0.25) is 0 Å². The Labute approximate surface area is 224 Å². The smallest absolute Gasteiger partial charge is 0.127 e. The van der Waals surface area contributed by atoms with Crippen molar-refractivity contribution in [3.63, 3.8) is 0 Å². The molecule has 0 atom stereocenters. The van der Waals surface area contributed by atoms with Gasteiger partial charge in [-0.3, -0.25) is 9.67 Å². The first-order chi connectivity index (χ1) is 17.6. The van der Waals surface area contributed by atoms with Crippen molar-refractivity contribution in [2.24, 2.45) is 4.99 Å². The van der Waals surface area contributed by atoms with Crippen molar-refractivity contribution in [2.75, 3.05) is 13.1 Å². The maximum atomic E-state index is 4.91. The fraction of sp³-hybridized carbons (Fsp3) is 0.469. The summed E-state index contributed by atoms with van der Waals surface area (Å²) in [6, 6.07) is 4.63. The van der Waals surface area contributed by atoms with Gasteiger partial charge in [0.1, 0.15) is 5.82 Å². The highest BCUT2D eigenvalue weighted by atomic mass is 15.3. The number of aryl methyl sites for hydroxylation is 2. The largest absolute Gasteiger partial charge is 0.357 e. The molecule has 37 heavy (non-hydrogen) atoms. The van der Waals surface area contributed by atoms with Crippen LogP contribution >= 0.6 is 0 Å². The lowest BCUT2D eigenvalue weighted by atomic mass is 10.0. The van der Waals surface area contributed by atoms with Crippen LogP contribution in [0.2, 0.25) is 0 Å². The first-order valence-electron chi connectivity index (χ1n) is 13.6. The van der Waals surface area contributed by atoms with Crippen LogP contribution in [-0.4, -0.2) is 39.0 Å². The molecule has 2 aromatic rings. The molecule has 0 aliphatic carbocycles. The van der Waals surface area contributed by atoms with Gasteiger partial charge < -0.3 is 4.90 Å². The minimum absolute atomic E-state index is 0.371. The van der Waals surface area contributed by atoms with E-state index >= 15 is 0 Å². The molecule has 2 aromatic heterocycles. The number of aromatic nitrogens is 3. The van der Waals surface area contributed by atoms with Crippen molar-refractivity contribution in [1.29, 1.82) is 0 Å². The Morgan fingerprint density at radius 1 is 1.05 bits per heavy atom. The van der Waals surface area contributed by atoms with Gasteiger partial charge in [0.15, 0.2) is 0 Å². The standard InChI is InChI=1S/C32H45N5/c1-10-27(11-2)20-33-32(23(5)6)36-16-14-29(15-17-36)37-31(18-22(3)4)28(21-34-37)19-24(7)30-13-12-25(8)35-26(30)9/h10,12-13,18-21,29H,11,14-17H2,1-9H3/b24-19+,27-10-,33-20-. The fourth-order valence-corrected chi connectivity index (χ4v) is 4.99. The third-order valence-corrected chi connectivity index (χ3v) is 7.00. The molecule has 0 saturated carbocycles. The van der Waals surface area contributed by atoms with Crippen molar-refractivity contribution >= 4 is 23.9 Å². The second-order valence-electron chi connectivity index (χ2n) is 10.6.